The Labute approximate surface area is 96.5 Å². The summed E-state index contributed by atoms with van der Waals surface area (Å²) in [5.74, 6) is 1.79. The standard InChI is InChI=1S/C11H20N4O/c1-4-15(6-5-7-16)11-9(2)10(12-3)13-8-14-11/h8,16H,4-7H2,1-3H3,(H,12,13,14). The quantitative estimate of drug-likeness (QED) is 0.756. The van der Waals surface area contributed by atoms with E-state index >= 15 is 0 Å². The van der Waals surface area contributed by atoms with E-state index < -0.39 is 0 Å². The van der Waals surface area contributed by atoms with Crippen molar-refractivity contribution in [1.82, 2.24) is 9.97 Å². The lowest BCUT2D eigenvalue weighted by molar-refractivity contribution is 0.289. The molecule has 0 amide bonds. The maximum absolute atomic E-state index is 8.86. The molecule has 0 aliphatic rings. The molecule has 90 valence electrons. The van der Waals surface area contributed by atoms with Crippen LogP contribution < -0.4 is 10.2 Å². The van der Waals surface area contributed by atoms with Gasteiger partial charge in [0.15, 0.2) is 0 Å². The lowest BCUT2D eigenvalue weighted by Gasteiger charge is -2.23. The summed E-state index contributed by atoms with van der Waals surface area (Å²) < 4.78 is 0. The highest BCUT2D eigenvalue weighted by atomic mass is 16.3. The van der Waals surface area contributed by atoms with Crippen LogP contribution in [-0.2, 0) is 0 Å². The molecule has 1 heterocycles. The predicted molar refractivity (Wildman–Crippen MR) is 65.9 cm³/mol. The molecule has 0 aromatic carbocycles. The zero-order valence-corrected chi connectivity index (χ0v) is 10.2. The third-order valence-electron chi connectivity index (χ3n) is 2.56. The number of hydrogen-bond acceptors (Lipinski definition) is 5. The number of nitrogens with zero attached hydrogens (tertiary/aromatic N) is 3. The Balaban J connectivity index is 2.91. The van der Waals surface area contributed by atoms with Crippen LogP contribution in [0.2, 0.25) is 0 Å². The Morgan fingerprint density at radius 3 is 2.75 bits per heavy atom. The zero-order chi connectivity index (χ0) is 12.0. The Bertz CT molecular complexity index is 330. The molecule has 5 heteroatoms. The van der Waals surface area contributed by atoms with Gasteiger partial charge in [0.1, 0.15) is 18.0 Å². The number of hydrogen-bond donors (Lipinski definition) is 2. The van der Waals surface area contributed by atoms with E-state index in [2.05, 4.69) is 27.1 Å². The Morgan fingerprint density at radius 2 is 2.19 bits per heavy atom. The second kappa shape index (κ2) is 6.27. The van der Waals surface area contributed by atoms with Crippen LogP contribution in [0, 0.1) is 6.92 Å². The minimum atomic E-state index is 0.208. The van der Waals surface area contributed by atoms with Crippen molar-refractivity contribution >= 4 is 11.6 Å². The maximum Gasteiger partial charge on any atom is 0.137 e. The van der Waals surface area contributed by atoms with Crippen molar-refractivity contribution in [1.29, 1.82) is 0 Å². The summed E-state index contributed by atoms with van der Waals surface area (Å²) in [4.78, 5) is 10.6. The lowest BCUT2D eigenvalue weighted by atomic mass is 10.2. The molecule has 0 saturated heterocycles. The highest BCUT2D eigenvalue weighted by Gasteiger charge is 2.11. The van der Waals surface area contributed by atoms with Crippen LogP contribution in [-0.4, -0.2) is 41.8 Å². The number of rotatable bonds is 6. The molecule has 5 nitrogen and oxygen atoms in total. The summed E-state index contributed by atoms with van der Waals surface area (Å²) in [6.45, 7) is 5.98. The van der Waals surface area contributed by atoms with Gasteiger partial charge in [0.25, 0.3) is 0 Å². The Kier molecular flexibility index (Phi) is 4.98. The van der Waals surface area contributed by atoms with Crippen molar-refractivity contribution in [2.75, 3.05) is 37.0 Å². The van der Waals surface area contributed by atoms with Gasteiger partial charge in [-0.25, -0.2) is 9.97 Å². The van der Waals surface area contributed by atoms with Gasteiger partial charge in [0.05, 0.1) is 0 Å². The van der Waals surface area contributed by atoms with Crippen LogP contribution in [0.4, 0.5) is 11.6 Å². The molecule has 1 aromatic rings. The van der Waals surface area contributed by atoms with Gasteiger partial charge in [-0.3, -0.25) is 0 Å². The third kappa shape index (κ3) is 2.82. The fraction of sp³-hybridized carbons (Fsp3) is 0.636. The molecule has 0 aliphatic heterocycles. The van der Waals surface area contributed by atoms with Crippen LogP contribution in [0.3, 0.4) is 0 Å². The number of aliphatic hydroxyl groups excluding tert-OH is 1. The van der Waals surface area contributed by atoms with Crippen molar-refractivity contribution in [2.24, 2.45) is 0 Å². The Hall–Kier alpha value is -1.36. The van der Waals surface area contributed by atoms with Crippen molar-refractivity contribution in [3.05, 3.63) is 11.9 Å². The predicted octanol–water partition coefficient (Wildman–Crippen LogP) is 1.04. The molecular formula is C11H20N4O. The first-order chi connectivity index (χ1) is 7.74. The first-order valence-electron chi connectivity index (χ1n) is 5.59. The summed E-state index contributed by atoms with van der Waals surface area (Å²) >= 11 is 0. The van der Waals surface area contributed by atoms with Gasteiger partial charge < -0.3 is 15.3 Å². The fourth-order valence-corrected chi connectivity index (χ4v) is 1.69. The molecule has 0 radical (unpaired) electrons. The van der Waals surface area contributed by atoms with E-state index in [4.69, 9.17) is 5.11 Å². The average molecular weight is 224 g/mol. The second-order valence-electron chi connectivity index (χ2n) is 3.58. The molecule has 0 aliphatic carbocycles. The van der Waals surface area contributed by atoms with Crippen molar-refractivity contribution in [3.63, 3.8) is 0 Å². The maximum atomic E-state index is 8.86. The van der Waals surface area contributed by atoms with Crippen LogP contribution in [0.1, 0.15) is 18.9 Å². The van der Waals surface area contributed by atoms with E-state index in [1.807, 2.05) is 14.0 Å². The molecule has 1 rings (SSSR count). The molecule has 0 unspecified atom stereocenters. The van der Waals surface area contributed by atoms with Gasteiger partial charge in [-0.15, -0.1) is 0 Å². The van der Waals surface area contributed by atoms with Gasteiger partial charge >= 0.3 is 0 Å². The molecule has 2 N–H and O–H groups in total. The lowest BCUT2D eigenvalue weighted by Crippen LogP contribution is -2.26. The fourth-order valence-electron chi connectivity index (χ4n) is 1.69. The minimum Gasteiger partial charge on any atom is -0.396 e. The van der Waals surface area contributed by atoms with E-state index in [9.17, 15) is 0 Å². The summed E-state index contributed by atoms with van der Waals surface area (Å²) in [5, 5.41) is 11.9. The molecule has 0 fully saturated rings. The smallest absolute Gasteiger partial charge is 0.137 e. The highest BCUT2D eigenvalue weighted by Crippen LogP contribution is 2.21. The van der Waals surface area contributed by atoms with E-state index in [0.29, 0.717) is 0 Å². The van der Waals surface area contributed by atoms with Crippen LogP contribution in [0.15, 0.2) is 6.33 Å². The molecular weight excluding hydrogens is 204 g/mol. The topological polar surface area (TPSA) is 61.3 Å². The van der Waals surface area contributed by atoms with Crippen molar-refractivity contribution in [3.8, 4) is 0 Å². The second-order valence-corrected chi connectivity index (χ2v) is 3.58. The molecule has 0 bridgehead atoms. The summed E-state index contributed by atoms with van der Waals surface area (Å²) in [6, 6.07) is 0. The molecule has 1 aromatic heterocycles. The highest BCUT2D eigenvalue weighted by molar-refractivity contribution is 5.57. The van der Waals surface area contributed by atoms with Crippen molar-refractivity contribution in [2.45, 2.75) is 20.3 Å². The molecule has 16 heavy (non-hydrogen) atoms. The first-order valence-corrected chi connectivity index (χ1v) is 5.59. The number of aliphatic hydroxyl groups is 1. The molecule has 0 atom stereocenters. The minimum absolute atomic E-state index is 0.208. The molecule has 0 spiro atoms. The van der Waals surface area contributed by atoms with Crippen LogP contribution in [0.25, 0.3) is 0 Å². The van der Waals surface area contributed by atoms with E-state index in [1.54, 1.807) is 6.33 Å². The molecule has 0 saturated carbocycles. The normalized spacial score (nSPS) is 10.2. The van der Waals surface area contributed by atoms with Crippen molar-refractivity contribution < 1.29 is 5.11 Å². The number of aromatic nitrogens is 2. The van der Waals surface area contributed by atoms with E-state index in [-0.39, 0.29) is 6.61 Å². The van der Waals surface area contributed by atoms with Gasteiger partial charge in [0, 0.05) is 32.3 Å². The number of anilines is 2. The third-order valence-corrected chi connectivity index (χ3v) is 2.56. The van der Waals surface area contributed by atoms with Crippen LogP contribution in [0.5, 0.6) is 0 Å². The van der Waals surface area contributed by atoms with Crippen LogP contribution >= 0.6 is 0 Å². The first kappa shape index (κ1) is 12.7. The largest absolute Gasteiger partial charge is 0.396 e. The average Bonchev–Trinajstić information content (AvgIpc) is 2.32. The van der Waals surface area contributed by atoms with E-state index in [1.165, 1.54) is 0 Å². The number of nitrogens with one attached hydrogen (secondary N) is 1. The van der Waals surface area contributed by atoms with Gasteiger partial charge in [-0.05, 0) is 20.3 Å². The zero-order valence-electron chi connectivity index (χ0n) is 10.2. The van der Waals surface area contributed by atoms with Gasteiger partial charge in [-0.1, -0.05) is 0 Å². The summed E-state index contributed by atoms with van der Waals surface area (Å²) in [6.07, 6.45) is 2.32. The monoisotopic (exact) mass is 224 g/mol. The van der Waals surface area contributed by atoms with Gasteiger partial charge in [0.2, 0.25) is 0 Å². The summed E-state index contributed by atoms with van der Waals surface area (Å²) in [7, 11) is 1.85. The van der Waals surface area contributed by atoms with Gasteiger partial charge in [-0.2, -0.15) is 0 Å². The SMILES string of the molecule is CCN(CCCO)c1ncnc(NC)c1C. The summed E-state index contributed by atoms with van der Waals surface area (Å²) in [5.41, 5.74) is 1.05. The van der Waals surface area contributed by atoms with E-state index in [0.717, 1.165) is 36.7 Å². The Morgan fingerprint density at radius 1 is 1.44 bits per heavy atom.